The molecule has 0 unspecified atom stereocenters. The average molecular weight is 471 g/mol. The Bertz CT molecular complexity index is 723. The number of hydrogen-bond donors (Lipinski definition) is 2. The smallest absolute Gasteiger partial charge is 0.407 e. The minimum atomic E-state index is -4.98. The van der Waals surface area contributed by atoms with E-state index in [9.17, 15) is 16.8 Å². The predicted molar refractivity (Wildman–Crippen MR) is 63.5 cm³/mol. The maximum absolute atomic E-state index is 11.0. The molecule has 0 bridgehead atoms. The van der Waals surface area contributed by atoms with E-state index in [1.54, 1.807) is 0 Å². The summed E-state index contributed by atoms with van der Waals surface area (Å²) in [4.78, 5) is 0.331. The fourth-order valence-corrected chi connectivity index (χ4v) is 4.57. The normalized spacial score (nSPS) is 11.4. The van der Waals surface area contributed by atoms with Gasteiger partial charge in [-0.25, -0.2) is 0 Å². The lowest BCUT2D eigenvalue weighted by Gasteiger charge is -2.03. The summed E-state index contributed by atoms with van der Waals surface area (Å²) in [6.07, 6.45) is 0. The highest BCUT2D eigenvalue weighted by Crippen LogP contribution is 2.34. The molecule has 0 aliphatic heterocycles. The molecule has 12 heteroatoms. The first-order chi connectivity index (χ1) is 7.59. The Morgan fingerprint density at radius 1 is 1.06 bits per heavy atom. The molecule has 0 aliphatic rings. The summed E-state index contributed by atoms with van der Waals surface area (Å²) in [5.74, 6) is 0. The Labute approximate surface area is 126 Å². The molecule has 8 nitrogen and oxygen atoms in total. The third-order valence-electron chi connectivity index (χ3n) is 1.67. The van der Waals surface area contributed by atoms with Crippen molar-refractivity contribution in [3.63, 3.8) is 0 Å². The second kappa shape index (κ2) is 5.75. The minimum Gasteiger partial charge on any atom is -1.00 e. The van der Waals surface area contributed by atoms with Crippen LogP contribution in [0.1, 0.15) is 0 Å². The van der Waals surface area contributed by atoms with Gasteiger partial charge in [-0.1, -0.05) is 0 Å². The maximum Gasteiger partial charge on any atom is 0.407 e. The van der Waals surface area contributed by atoms with E-state index in [0.717, 1.165) is 12.1 Å². The molecule has 100 valence electrons. The quantitative estimate of drug-likeness (QED) is 0.297. The van der Waals surface area contributed by atoms with Crippen molar-refractivity contribution in [1.82, 2.24) is 0 Å². The zero-order valence-electron chi connectivity index (χ0n) is 8.15. The van der Waals surface area contributed by atoms with E-state index in [2.05, 4.69) is 4.98 Å². The van der Waals surface area contributed by atoms with E-state index < -0.39 is 35.7 Å². The summed E-state index contributed by atoms with van der Waals surface area (Å²) in [5, 5.41) is 8.53. The number of hydrogen-bond acceptors (Lipinski definition) is 5. The van der Waals surface area contributed by atoms with Gasteiger partial charge in [0.15, 0.2) is 4.98 Å². The highest BCUT2D eigenvalue weighted by atomic mass is 127. The van der Waals surface area contributed by atoms with Gasteiger partial charge < -0.3 is 17.0 Å². The van der Waals surface area contributed by atoms with Crippen LogP contribution in [0.15, 0.2) is 21.9 Å². The van der Waals surface area contributed by atoms with Crippen molar-refractivity contribution in [2.75, 3.05) is 0 Å². The van der Waals surface area contributed by atoms with Crippen molar-refractivity contribution in [2.24, 2.45) is 0 Å². The van der Waals surface area contributed by atoms with Gasteiger partial charge in [0, 0.05) is 9.64 Å². The summed E-state index contributed by atoms with van der Waals surface area (Å²) >= 11 is 1.45. The fourth-order valence-electron chi connectivity index (χ4n) is 1.10. The molecule has 0 atom stereocenters. The van der Waals surface area contributed by atoms with Gasteiger partial charge in [-0.2, -0.15) is 16.8 Å². The van der Waals surface area contributed by atoms with Crippen LogP contribution in [-0.2, 0) is 20.2 Å². The van der Waals surface area contributed by atoms with E-state index in [1.807, 2.05) is 0 Å². The number of benzene rings is 1. The minimum absolute atomic E-state index is 0. The van der Waals surface area contributed by atoms with E-state index in [0.29, 0.717) is 0 Å². The molecule has 0 aromatic heterocycles. The Hall–Kier alpha value is -0.330. The number of rotatable bonds is 2. The molecule has 0 saturated heterocycles. The Morgan fingerprint density at radius 3 is 1.83 bits per heavy atom. The first kappa shape index (κ1) is 17.7. The Kier molecular flexibility index (Phi) is 5.65. The van der Waals surface area contributed by atoms with Crippen molar-refractivity contribution in [3.8, 4) is 0 Å². The van der Waals surface area contributed by atoms with Gasteiger partial charge in [-0.3, -0.25) is 9.11 Å². The van der Waals surface area contributed by atoms with Crippen LogP contribution in [0.25, 0.3) is 4.98 Å². The second-order valence-electron chi connectivity index (χ2n) is 2.77. The highest BCUT2D eigenvalue weighted by Gasteiger charge is 2.35. The second-order valence-corrected chi connectivity index (χ2v) is 6.65. The summed E-state index contributed by atoms with van der Waals surface area (Å²) in [6, 6.07) is 2.08. The monoisotopic (exact) mass is 470 g/mol. The lowest BCUT2D eigenvalue weighted by Crippen LogP contribution is -3.00. The molecular formula is C6H4BrIN2O6S2. The molecule has 0 saturated carbocycles. The Morgan fingerprint density at radius 2 is 1.50 bits per heavy atom. The first-order valence-corrected chi connectivity index (χ1v) is 7.67. The van der Waals surface area contributed by atoms with Gasteiger partial charge >= 0.3 is 15.8 Å². The van der Waals surface area contributed by atoms with Gasteiger partial charge in [-0.05, 0) is 28.7 Å². The van der Waals surface area contributed by atoms with Crippen molar-refractivity contribution >= 4 is 48.5 Å². The van der Waals surface area contributed by atoms with Crippen LogP contribution in [0.5, 0.6) is 0 Å². The molecule has 0 amide bonds. The van der Waals surface area contributed by atoms with Crippen LogP contribution >= 0.6 is 22.6 Å². The van der Waals surface area contributed by atoms with Gasteiger partial charge in [0.1, 0.15) is 4.90 Å². The predicted octanol–water partition coefficient (Wildman–Crippen LogP) is -1.73. The third-order valence-corrected chi connectivity index (χ3v) is 4.93. The standard InChI is InChI=1S/C6H3IN2O6S2.BrH/c7-3-1-2-4(9-8)6(17(13,14)15)5(3)16(10,11)12;/h1-2H,(H-,10,11,12,13,14,15);1H. The Balaban J connectivity index is 0.00000289. The molecular weight excluding hydrogens is 467 g/mol. The molecule has 0 fully saturated rings. The molecule has 1 aromatic carbocycles. The SMILES string of the molecule is N#[N+]c1ccc(I)c(S(=O)(=O)O)c1S(=O)(=O)O.[Br-]. The molecule has 0 radical (unpaired) electrons. The van der Waals surface area contributed by atoms with Crippen LogP contribution in [0.4, 0.5) is 5.69 Å². The zero-order valence-corrected chi connectivity index (χ0v) is 13.5. The molecule has 0 heterocycles. The van der Waals surface area contributed by atoms with Crippen LogP contribution in [0, 0.1) is 8.96 Å². The topological polar surface area (TPSA) is 137 Å². The molecule has 0 aliphatic carbocycles. The van der Waals surface area contributed by atoms with E-state index >= 15 is 0 Å². The van der Waals surface area contributed by atoms with Crippen molar-refractivity contribution in [1.29, 1.82) is 5.39 Å². The molecule has 2 N–H and O–H groups in total. The van der Waals surface area contributed by atoms with Gasteiger partial charge in [0.05, 0.1) is 0 Å². The zero-order chi connectivity index (χ0) is 13.4. The molecule has 18 heavy (non-hydrogen) atoms. The number of halogens is 2. The largest absolute Gasteiger partial charge is 1.00 e. The summed E-state index contributed by atoms with van der Waals surface area (Å²) in [6.45, 7) is 0. The average Bonchev–Trinajstić information content (AvgIpc) is 2.13. The maximum atomic E-state index is 11.0. The summed E-state index contributed by atoms with van der Waals surface area (Å²) < 4.78 is 61.8. The van der Waals surface area contributed by atoms with Crippen molar-refractivity contribution in [3.05, 3.63) is 20.7 Å². The van der Waals surface area contributed by atoms with E-state index in [1.165, 1.54) is 22.6 Å². The molecule has 1 aromatic rings. The summed E-state index contributed by atoms with van der Waals surface area (Å²) in [5.41, 5.74) is -0.694. The van der Waals surface area contributed by atoms with Crippen LogP contribution in [-0.4, -0.2) is 25.9 Å². The number of diazo groups is 1. The van der Waals surface area contributed by atoms with E-state index in [-0.39, 0.29) is 20.6 Å². The van der Waals surface area contributed by atoms with Gasteiger partial charge in [0.2, 0.25) is 10.3 Å². The summed E-state index contributed by atoms with van der Waals surface area (Å²) in [7, 11) is -9.88. The van der Waals surface area contributed by atoms with Crippen molar-refractivity contribution < 1.29 is 42.9 Å². The van der Waals surface area contributed by atoms with E-state index in [4.69, 9.17) is 14.5 Å². The highest BCUT2D eigenvalue weighted by molar-refractivity contribution is 14.1. The third kappa shape index (κ3) is 3.59. The number of nitrogens with zero attached hydrogens (tertiary/aromatic N) is 2. The lowest BCUT2D eigenvalue weighted by molar-refractivity contribution is -0.0000117. The van der Waals surface area contributed by atoms with Crippen LogP contribution < -0.4 is 17.0 Å². The fraction of sp³-hybridized carbons (Fsp3) is 0. The molecule has 1 rings (SSSR count). The molecule has 0 spiro atoms. The van der Waals surface area contributed by atoms with Gasteiger partial charge in [0.25, 0.3) is 10.1 Å². The van der Waals surface area contributed by atoms with Crippen molar-refractivity contribution in [2.45, 2.75) is 9.79 Å². The van der Waals surface area contributed by atoms with Crippen LogP contribution in [0.2, 0.25) is 0 Å². The van der Waals surface area contributed by atoms with Gasteiger partial charge in [-0.15, -0.1) is 0 Å². The lowest BCUT2D eigenvalue weighted by atomic mass is 10.3. The first-order valence-electron chi connectivity index (χ1n) is 3.71. The van der Waals surface area contributed by atoms with Crippen LogP contribution in [0.3, 0.4) is 0 Å².